The zero-order valence-electron chi connectivity index (χ0n) is 68.1. The zero-order chi connectivity index (χ0) is 82.8. The van der Waals surface area contributed by atoms with E-state index in [-0.39, 0.29) is 127 Å². The van der Waals surface area contributed by atoms with Crippen molar-refractivity contribution in [3.8, 4) is 23.0 Å². The van der Waals surface area contributed by atoms with Gasteiger partial charge in [0.25, 0.3) is 11.8 Å². The summed E-state index contributed by atoms with van der Waals surface area (Å²) < 4.78 is 73.9. The number of unbranched alkanes of at least 4 members (excludes halogenated alkanes) is 2. The van der Waals surface area contributed by atoms with Gasteiger partial charge >= 0.3 is 6.09 Å². The number of likely N-dealkylation sites (tertiary alicyclic amines) is 1. The maximum Gasteiger partial charge on any atom is 0.416 e. The van der Waals surface area contributed by atoms with Crippen LogP contribution in [-0.2, 0) is 78.0 Å². The van der Waals surface area contributed by atoms with Crippen molar-refractivity contribution < 1.29 is 110 Å². The Morgan fingerprint density at radius 2 is 1.12 bits per heavy atom. The normalized spacial score (nSPS) is 17.6. The van der Waals surface area contributed by atoms with Gasteiger partial charge in [0.15, 0.2) is 29.2 Å². The third-order valence-electron chi connectivity index (χ3n) is 20.1. The monoisotopic (exact) mass is 1630 g/mol. The average Bonchev–Trinajstić information content (AvgIpc) is 1.61. The molecule has 1 saturated heterocycles. The zero-order valence-corrected chi connectivity index (χ0v) is 68.9. The predicted molar refractivity (Wildman–Crippen MR) is 429 cm³/mol. The molecule has 9 amide bonds. The van der Waals surface area contributed by atoms with E-state index in [4.69, 9.17) is 61.6 Å². The van der Waals surface area contributed by atoms with E-state index in [0.717, 1.165) is 41.7 Å². The van der Waals surface area contributed by atoms with E-state index in [0.29, 0.717) is 159 Å². The number of benzene rings is 3. The van der Waals surface area contributed by atoms with Crippen molar-refractivity contribution in [3.63, 3.8) is 0 Å². The van der Waals surface area contributed by atoms with Crippen LogP contribution in [0.15, 0.2) is 77.1 Å². The fraction of sp³-hybridized carbons (Fsp3) is 0.610. The van der Waals surface area contributed by atoms with Crippen molar-refractivity contribution in [2.45, 2.75) is 173 Å². The van der Waals surface area contributed by atoms with Gasteiger partial charge in [-0.25, -0.2) is 9.69 Å². The molecule has 0 spiro atoms. The van der Waals surface area contributed by atoms with E-state index in [2.05, 4.69) is 47.0 Å². The summed E-state index contributed by atoms with van der Waals surface area (Å²) in [6, 6.07) is 9.94. The number of imide groups is 1. The van der Waals surface area contributed by atoms with Crippen LogP contribution in [0.25, 0.3) is 0 Å². The fourth-order valence-corrected chi connectivity index (χ4v) is 14.9. The van der Waals surface area contributed by atoms with Crippen molar-refractivity contribution in [1.82, 2.24) is 30.7 Å². The second kappa shape index (κ2) is 47.4. The van der Waals surface area contributed by atoms with Gasteiger partial charge in [-0.05, 0) is 108 Å². The molecule has 115 heavy (non-hydrogen) atoms. The van der Waals surface area contributed by atoms with Crippen LogP contribution in [0.5, 0.6) is 23.0 Å². The number of ether oxygens (including phenoxy) is 13. The second-order valence-corrected chi connectivity index (χ2v) is 30.4. The first-order chi connectivity index (χ1) is 55.5. The summed E-state index contributed by atoms with van der Waals surface area (Å²) in [5.74, 6) is -1.72. The van der Waals surface area contributed by atoms with Crippen LogP contribution in [-0.4, -0.2) is 266 Å². The largest absolute Gasteiger partial charge is 0.493 e. The third-order valence-corrected chi connectivity index (χ3v) is 22.1. The van der Waals surface area contributed by atoms with E-state index in [1.807, 2.05) is 20.0 Å². The van der Waals surface area contributed by atoms with Gasteiger partial charge in [-0.2, -0.15) is 0 Å². The first-order valence-corrected chi connectivity index (χ1v) is 40.7. The SMILES string of the molecule is CCC(CC)(CC)SC1CC(=O)N(CCC(=O)NCCOCCOCCOCCOCCOCCOCCOCCOCCC(=O)N[C@H](C(=O)N[C@@H](C)C(=O)Nc2ccc(COC(=O)N3c4cc(OCCCCCOc5cc6c(cc5OC)C(=O)N5C=C(C)C[C@H]5C=N6)c(OC)cc4C(=O)N4C=C(C)C[C@H]4[C@@H]3O)cc2)C(C)C)C1=O. The molecule has 5 aliphatic rings. The maximum atomic E-state index is 14.3. The number of carbonyl (C=O) groups is 9. The van der Waals surface area contributed by atoms with Crippen LogP contribution in [0.1, 0.15) is 152 Å². The summed E-state index contributed by atoms with van der Waals surface area (Å²) in [6.07, 6.45) is 8.78. The molecule has 3 aromatic rings. The van der Waals surface area contributed by atoms with Gasteiger partial charge in [0.2, 0.25) is 35.4 Å². The summed E-state index contributed by atoms with van der Waals surface area (Å²) in [7, 11) is 2.96. The van der Waals surface area contributed by atoms with Crippen LogP contribution in [0.4, 0.5) is 21.9 Å². The number of hydrogen-bond donors (Lipinski definition) is 5. The number of aliphatic hydroxyl groups excluding tert-OH is 1. The quantitative estimate of drug-likeness (QED) is 0.0262. The average molecular weight is 1630 g/mol. The molecular formula is C82H117N9O23S. The highest BCUT2D eigenvalue weighted by Crippen LogP contribution is 2.45. The Labute approximate surface area is 677 Å². The summed E-state index contributed by atoms with van der Waals surface area (Å²) in [5.41, 5.74) is 3.92. The highest BCUT2D eigenvalue weighted by molar-refractivity contribution is 8.02. The second-order valence-electron chi connectivity index (χ2n) is 28.7. The summed E-state index contributed by atoms with van der Waals surface area (Å²) in [5, 5.41) is 22.6. The number of fused-ring (bicyclic) bond motifs is 4. The van der Waals surface area contributed by atoms with Gasteiger partial charge in [-0.15, -0.1) is 11.8 Å². The number of methoxy groups -OCH3 is 2. The number of aliphatic imine (C=N–C) groups is 1. The molecule has 0 saturated carbocycles. The van der Waals surface area contributed by atoms with Crippen molar-refractivity contribution >= 4 is 88.4 Å². The molecule has 32 nitrogen and oxygen atoms in total. The van der Waals surface area contributed by atoms with Crippen molar-refractivity contribution in [1.29, 1.82) is 0 Å². The van der Waals surface area contributed by atoms with Gasteiger partial charge < -0.3 is 97.8 Å². The van der Waals surface area contributed by atoms with E-state index >= 15 is 0 Å². The van der Waals surface area contributed by atoms with Gasteiger partial charge in [-0.1, -0.05) is 57.9 Å². The van der Waals surface area contributed by atoms with Crippen molar-refractivity contribution in [3.05, 3.63) is 88.8 Å². The molecule has 1 unspecified atom stereocenters. The number of aliphatic hydroxyl groups is 1. The van der Waals surface area contributed by atoms with Crippen LogP contribution in [0.2, 0.25) is 0 Å². The Kier molecular flexibility index (Phi) is 37.9. The molecule has 0 aromatic heterocycles. The lowest BCUT2D eigenvalue weighted by Crippen LogP contribution is -2.53. The Bertz CT molecular complexity index is 3810. The lowest BCUT2D eigenvalue weighted by Gasteiger charge is -2.31. The Hall–Kier alpha value is -8.77. The van der Waals surface area contributed by atoms with E-state index in [1.54, 1.807) is 79.3 Å². The molecule has 0 bridgehead atoms. The smallest absolute Gasteiger partial charge is 0.416 e. The minimum Gasteiger partial charge on any atom is -0.493 e. The molecule has 0 aliphatic carbocycles. The van der Waals surface area contributed by atoms with Crippen LogP contribution >= 0.6 is 11.8 Å². The molecular weight excluding hydrogens is 1510 g/mol. The van der Waals surface area contributed by atoms with E-state index < -0.39 is 54.1 Å². The van der Waals surface area contributed by atoms with Crippen LogP contribution < -0.4 is 45.1 Å². The lowest BCUT2D eigenvalue weighted by atomic mass is 9.99. The van der Waals surface area contributed by atoms with Gasteiger partial charge in [0, 0.05) is 73.5 Å². The number of rotatable bonds is 53. The maximum absolute atomic E-state index is 14.3. The number of hydrogen-bond acceptors (Lipinski definition) is 25. The molecule has 3 aromatic carbocycles. The Morgan fingerprint density at radius 1 is 0.591 bits per heavy atom. The van der Waals surface area contributed by atoms with Gasteiger partial charge in [0.1, 0.15) is 18.7 Å². The standard InChI is InChI=1S/C82H117N9O23S/c1-11-82(12-2,13-3)115-70-49-73(94)88(80(70)100)24-21-71(92)83-23-28-105-30-32-107-34-36-109-38-40-111-42-41-110-39-37-108-35-33-106-31-29-104-27-22-72(93)87-74(54(4)5)76(96)85-57(8)75(95)86-59-19-17-58(18-20-59)53-114-81(101)91-64-48-69(67(103-10)46-62(64)78(98)90-52-56(7)44-65(90)79(91)99)113-26-16-14-15-25-112-68-47-63-61(45-66(68)102-9)77(97)89-51-55(6)43-60(89)50-84-63/h17-20,45-48,50-52,54,57,60,65,70,74,79,99H,11-16,21-44,49,53H2,1-10H3,(H,83,92)(H,85,96)(H,86,95)(H,87,93)/t57-,60-,65-,70?,74-,79-/m0/s1. The molecule has 5 heterocycles. The third kappa shape index (κ3) is 27.4. The van der Waals surface area contributed by atoms with Crippen molar-refractivity contribution in [2.24, 2.45) is 10.9 Å². The molecule has 5 aliphatic heterocycles. The summed E-state index contributed by atoms with van der Waals surface area (Å²) >= 11 is 1.61. The van der Waals surface area contributed by atoms with Crippen LogP contribution in [0, 0.1) is 5.92 Å². The van der Waals surface area contributed by atoms with Crippen LogP contribution in [0.3, 0.4) is 0 Å². The number of nitrogens with one attached hydrogen (secondary N) is 4. The Balaban J connectivity index is 0.625. The molecule has 634 valence electrons. The molecule has 8 rings (SSSR count). The van der Waals surface area contributed by atoms with Gasteiger partial charge in [-0.3, -0.25) is 48.2 Å². The van der Waals surface area contributed by atoms with E-state index in [1.165, 1.54) is 43.1 Å². The molecule has 1 fully saturated rings. The molecule has 33 heteroatoms. The van der Waals surface area contributed by atoms with E-state index in [9.17, 15) is 48.3 Å². The minimum atomic E-state index is -1.53. The molecule has 6 atom stereocenters. The number of thioether (sulfide) groups is 1. The summed E-state index contributed by atoms with van der Waals surface area (Å²) in [4.78, 5) is 130. The topological polar surface area (TPSA) is 367 Å². The number of anilines is 2. The first-order valence-electron chi connectivity index (χ1n) is 39.8. The molecule has 5 N–H and O–H groups in total. The number of carbonyl (C=O) groups excluding carboxylic acids is 9. The first kappa shape index (κ1) is 91.7. The number of amides is 9. The highest BCUT2D eigenvalue weighted by Gasteiger charge is 2.46. The Morgan fingerprint density at radius 3 is 1.69 bits per heavy atom. The highest BCUT2D eigenvalue weighted by atomic mass is 32.2. The summed E-state index contributed by atoms with van der Waals surface area (Å²) in [6.45, 7) is 21.4. The number of nitrogens with zero attached hydrogens (tertiary/aromatic N) is 5. The van der Waals surface area contributed by atoms with Crippen molar-refractivity contribution in [2.75, 3.05) is 156 Å². The molecule has 0 radical (unpaired) electrons. The minimum absolute atomic E-state index is 0.0149. The van der Waals surface area contributed by atoms with Gasteiger partial charge in [0.05, 0.1) is 173 Å². The predicted octanol–water partition coefficient (Wildman–Crippen LogP) is 8.20. The fourth-order valence-electron chi connectivity index (χ4n) is 13.4. The lowest BCUT2D eigenvalue weighted by molar-refractivity contribution is -0.138.